The van der Waals surface area contributed by atoms with Gasteiger partial charge in [0.25, 0.3) is 0 Å². The maximum absolute atomic E-state index is 12.9. The van der Waals surface area contributed by atoms with Crippen LogP contribution in [0.25, 0.3) is 0 Å². The second-order valence-corrected chi connectivity index (χ2v) is 23.1. The van der Waals surface area contributed by atoms with E-state index in [4.69, 9.17) is 14.2 Å². The summed E-state index contributed by atoms with van der Waals surface area (Å²) in [5, 5.41) is 0. The number of hydrogen-bond donors (Lipinski definition) is 0. The van der Waals surface area contributed by atoms with Crippen LogP contribution in [-0.2, 0) is 28.6 Å². The molecular formula is C70H130O6. The van der Waals surface area contributed by atoms with Crippen LogP contribution in [0.3, 0.4) is 0 Å². The Kier molecular flexibility index (Phi) is 63.1. The Labute approximate surface area is 474 Å². The number of esters is 3. The summed E-state index contributed by atoms with van der Waals surface area (Å²) in [6, 6.07) is 0. The van der Waals surface area contributed by atoms with Gasteiger partial charge in [0.15, 0.2) is 6.10 Å². The van der Waals surface area contributed by atoms with E-state index in [9.17, 15) is 14.4 Å². The molecule has 6 nitrogen and oxygen atoms in total. The first-order valence-electron chi connectivity index (χ1n) is 34.0. The third-order valence-corrected chi connectivity index (χ3v) is 15.4. The van der Waals surface area contributed by atoms with Crippen LogP contribution in [-0.4, -0.2) is 37.2 Å². The number of rotatable bonds is 63. The quantitative estimate of drug-likeness (QED) is 0.0261. The summed E-state index contributed by atoms with van der Waals surface area (Å²) in [5.41, 5.74) is 0. The van der Waals surface area contributed by atoms with Gasteiger partial charge in [-0.15, -0.1) is 0 Å². The Morgan fingerprint density at radius 2 is 0.474 bits per heavy atom. The zero-order valence-electron chi connectivity index (χ0n) is 51.3. The van der Waals surface area contributed by atoms with Crippen molar-refractivity contribution in [2.45, 2.75) is 380 Å². The highest BCUT2D eigenvalue weighted by atomic mass is 16.6. The highest BCUT2D eigenvalue weighted by Gasteiger charge is 2.19. The van der Waals surface area contributed by atoms with Gasteiger partial charge in [0.2, 0.25) is 0 Å². The summed E-state index contributed by atoms with van der Waals surface area (Å²) in [4.78, 5) is 38.2. The van der Waals surface area contributed by atoms with E-state index in [1.54, 1.807) is 0 Å². The van der Waals surface area contributed by atoms with Gasteiger partial charge in [0.05, 0.1) is 0 Å². The van der Waals surface area contributed by atoms with Gasteiger partial charge >= 0.3 is 17.9 Å². The standard InChI is InChI=1S/C70H130O6/c1-4-7-10-13-16-19-21-23-25-27-29-30-31-32-33-34-35-36-37-38-39-40-42-43-45-47-49-51-54-57-60-63-69(72)75-66-67(65-74-68(71)62-59-56-53-18-15-12-9-6-3)76-70(73)64-61-58-55-52-50-48-46-44-41-28-26-24-22-20-17-14-11-8-5-2/h17,20,24,26-27,29,67H,4-16,18-19,21-23,25,28,30-66H2,1-3H3/b20-17-,26-24-,29-27-. The van der Waals surface area contributed by atoms with E-state index in [2.05, 4.69) is 57.2 Å². The Balaban J connectivity index is 4.03. The third kappa shape index (κ3) is 62.5. The third-order valence-electron chi connectivity index (χ3n) is 15.4. The molecule has 1 atom stereocenters. The van der Waals surface area contributed by atoms with Crippen molar-refractivity contribution in [3.8, 4) is 0 Å². The van der Waals surface area contributed by atoms with Crippen molar-refractivity contribution >= 4 is 17.9 Å². The average Bonchev–Trinajstić information content (AvgIpc) is 3.42. The summed E-state index contributed by atoms with van der Waals surface area (Å²) in [6.07, 6.45) is 80.5. The molecule has 1 unspecified atom stereocenters. The zero-order chi connectivity index (χ0) is 55.0. The molecule has 0 fully saturated rings. The molecule has 0 amide bonds. The first kappa shape index (κ1) is 73.6. The van der Waals surface area contributed by atoms with Crippen LogP contribution in [0.1, 0.15) is 374 Å². The second-order valence-electron chi connectivity index (χ2n) is 23.1. The van der Waals surface area contributed by atoms with Gasteiger partial charge < -0.3 is 14.2 Å². The number of unbranched alkanes of at least 4 members (excludes halogenated alkanes) is 46. The van der Waals surface area contributed by atoms with Crippen LogP contribution in [0.2, 0.25) is 0 Å². The van der Waals surface area contributed by atoms with Crippen LogP contribution in [0, 0.1) is 0 Å². The fourth-order valence-electron chi connectivity index (χ4n) is 10.2. The average molecular weight is 1070 g/mol. The Morgan fingerprint density at radius 3 is 0.763 bits per heavy atom. The lowest BCUT2D eigenvalue weighted by atomic mass is 10.0. The Morgan fingerprint density at radius 1 is 0.263 bits per heavy atom. The van der Waals surface area contributed by atoms with Crippen molar-refractivity contribution in [1.82, 2.24) is 0 Å². The van der Waals surface area contributed by atoms with Gasteiger partial charge in [-0.3, -0.25) is 14.4 Å². The summed E-state index contributed by atoms with van der Waals surface area (Å²) in [7, 11) is 0. The minimum atomic E-state index is -0.770. The fourth-order valence-corrected chi connectivity index (χ4v) is 10.2. The molecule has 6 heteroatoms. The maximum atomic E-state index is 12.9. The number of hydrogen-bond acceptors (Lipinski definition) is 6. The van der Waals surface area contributed by atoms with Crippen LogP contribution < -0.4 is 0 Å². The van der Waals surface area contributed by atoms with E-state index in [0.717, 1.165) is 64.2 Å². The molecule has 0 aromatic rings. The molecule has 0 aromatic heterocycles. The van der Waals surface area contributed by atoms with Crippen molar-refractivity contribution in [2.75, 3.05) is 13.2 Å². The zero-order valence-corrected chi connectivity index (χ0v) is 51.3. The summed E-state index contributed by atoms with van der Waals surface area (Å²) < 4.78 is 16.9. The molecule has 0 saturated carbocycles. The highest BCUT2D eigenvalue weighted by molar-refractivity contribution is 5.71. The Bertz CT molecular complexity index is 1270. The molecule has 0 aliphatic rings. The highest BCUT2D eigenvalue weighted by Crippen LogP contribution is 2.18. The predicted octanol–water partition coefficient (Wildman–Crippen LogP) is 23.2. The minimum Gasteiger partial charge on any atom is -0.462 e. The fraction of sp³-hybridized carbons (Fsp3) is 0.871. The second kappa shape index (κ2) is 65.2. The molecule has 0 saturated heterocycles. The summed E-state index contributed by atoms with van der Waals surface area (Å²) in [6.45, 7) is 6.64. The Hall–Kier alpha value is -2.37. The monoisotopic (exact) mass is 1070 g/mol. The molecule has 0 aliphatic heterocycles. The van der Waals surface area contributed by atoms with Crippen molar-refractivity contribution in [1.29, 1.82) is 0 Å². The molecular weight excluding hydrogens is 937 g/mol. The van der Waals surface area contributed by atoms with E-state index in [1.807, 2.05) is 0 Å². The molecule has 446 valence electrons. The number of carbonyl (C=O) groups is 3. The lowest BCUT2D eigenvalue weighted by Gasteiger charge is -2.18. The van der Waals surface area contributed by atoms with Crippen LogP contribution >= 0.6 is 0 Å². The molecule has 0 bridgehead atoms. The minimum absolute atomic E-state index is 0.0690. The molecule has 0 rings (SSSR count). The summed E-state index contributed by atoms with van der Waals surface area (Å²) >= 11 is 0. The van der Waals surface area contributed by atoms with Crippen molar-refractivity contribution in [3.63, 3.8) is 0 Å². The number of ether oxygens (including phenoxy) is 3. The first-order valence-corrected chi connectivity index (χ1v) is 34.0. The van der Waals surface area contributed by atoms with Crippen LogP contribution in [0.4, 0.5) is 0 Å². The van der Waals surface area contributed by atoms with Crippen LogP contribution in [0.5, 0.6) is 0 Å². The number of allylic oxidation sites excluding steroid dienone is 6. The van der Waals surface area contributed by atoms with Gasteiger partial charge in [-0.05, 0) is 77.0 Å². The van der Waals surface area contributed by atoms with Crippen molar-refractivity contribution < 1.29 is 28.6 Å². The lowest BCUT2D eigenvalue weighted by molar-refractivity contribution is -0.167. The summed E-state index contributed by atoms with van der Waals surface area (Å²) in [5.74, 6) is -0.855. The molecule has 0 N–H and O–H groups in total. The van der Waals surface area contributed by atoms with E-state index in [-0.39, 0.29) is 31.1 Å². The molecule has 0 spiro atoms. The SMILES string of the molecule is CCCCC/C=C\C/C=C\CCCCCCCCCCCC(=O)OC(COC(=O)CCCCCCCCCC)COC(=O)CCCCCCCCCCCCCCCCCCCCC/C=C\CCCCCCCCCC. The van der Waals surface area contributed by atoms with Gasteiger partial charge in [0.1, 0.15) is 13.2 Å². The van der Waals surface area contributed by atoms with E-state index >= 15 is 0 Å². The van der Waals surface area contributed by atoms with Crippen molar-refractivity contribution in [3.05, 3.63) is 36.5 Å². The molecule has 0 radical (unpaired) electrons. The normalized spacial score (nSPS) is 12.2. The predicted molar refractivity (Wildman–Crippen MR) is 330 cm³/mol. The lowest BCUT2D eigenvalue weighted by Crippen LogP contribution is -2.30. The largest absolute Gasteiger partial charge is 0.462 e. The van der Waals surface area contributed by atoms with E-state index in [1.165, 1.54) is 270 Å². The van der Waals surface area contributed by atoms with Crippen molar-refractivity contribution in [2.24, 2.45) is 0 Å². The number of carbonyl (C=O) groups excluding carboxylic acids is 3. The first-order chi connectivity index (χ1) is 37.5. The van der Waals surface area contributed by atoms with Gasteiger partial charge in [0, 0.05) is 19.3 Å². The van der Waals surface area contributed by atoms with Gasteiger partial charge in [-0.2, -0.15) is 0 Å². The van der Waals surface area contributed by atoms with Crippen LogP contribution in [0.15, 0.2) is 36.5 Å². The molecule has 0 aromatic carbocycles. The molecule has 0 aliphatic carbocycles. The van der Waals surface area contributed by atoms with E-state index < -0.39 is 6.10 Å². The van der Waals surface area contributed by atoms with Gasteiger partial charge in [-0.1, -0.05) is 314 Å². The smallest absolute Gasteiger partial charge is 0.306 e. The van der Waals surface area contributed by atoms with Gasteiger partial charge in [-0.25, -0.2) is 0 Å². The van der Waals surface area contributed by atoms with E-state index in [0.29, 0.717) is 19.3 Å². The topological polar surface area (TPSA) is 78.9 Å². The molecule has 76 heavy (non-hydrogen) atoms. The molecule has 0 heterocycles. The maximum Gasteiger partial charge on any atom is 0.306 e.